The predicted octanol–water partition coefficient (Wildman–Crippen LogP) is 4.05. The highest BCUT2D eigenvalue weighted by molar-refractivity contribution is 6.04. The van der Waals surface area contributed by atoms with Crippen LogP contribution < -0.4 is 10.9 Å². The number of nitrogens with one attached hydrogen (secondary N) is 3. The van der Waals surface area contributed by atoms with Crippen LogP contribution in [0.2, 0.25) is 0 Å². The smallest absolute Gasteiger partial charge is 0.286 e. The second-order valence-electron chi connectivity index (χ2n) is 9.26. The molecule has 184 valence electrons. The van der Waals surface area contributed by atoms with Gasteiger partial charge in [-0.15, -0.1) is 0 Å². The number of hydrogen-bond donors (Lipinski definition) is 3. The summed E-state index contributed by atoms with van der Waals surface area (Å²) in [7, 11) is 1.80. The molecule has 0 spiro atoms. The van der Waals surface area contributed by atoms with Crippen LogP contribution in [0, 0.1) is 0 Å². The molecule has 37 heavy (non-hydrogen) atoms. The number of nitrogens with zero attached hydrogens (tertiary/aromatic N) is 2. The number of fused-ring (bicyclic) bond motifs is 3. The molecule has 1 aliphatic rings. The number of rotatable bonds is 4. The van der Waals surface area contributed by atoms with E-state index in [4.69, 9.17) is 0 Å². The average molecular weight is 492 g/mol. The van der Waals surface area contributed by atoms with Crippen molar-refractivity contribution in [3.8, 4) is 0 Å². The minimum Gasteiger partial charge on any atom is -0.361 e. The first kappa shape index (κ1) is 22.6. The number of aromatic nitrogens is 2. The fraction of sp³-hybridized carbons (Fsp3) is 0.138. The maximum atomic E-state index is 13.5. The summed E-state index contributed by atoms with van der Waals surface area (Å²) in [5, 5.41) is 1.91. The van der Waals surface area contributed by atoms with Gasteiger partial charge in [0, 0.05) is 46.2 Å². The summed E-state index contributed by atoms with van der Waals surface area (Å²) in [5.74, 6) is -1.16. The van der Waals surface area contributed by atoms with Crippen molar-refractivity contribution in [3.63, 3.8) is 0 Å². The van der Waals surface area contributed by atoms with E-state index in [2.05, 4.69) is 15.8 Å². The Kier molecular flexibility index (Phi) is 5.30. The molecule has 0 radical (unpaired) electrons. The van der Waals surface area contributed by atoms with Gasteiger partial charge in [-0.2, -0.15) is 0 Å². The van der Waals surface area contributed by atoms with E-state index in [1.54, 1.807) is 35.6 Å². The second kappa shape index (κ2) is 8.67. The van der Waals surface area contributed by atoms with E-state index in [0.29, 0.717) is 11.3 Å². The number of para-hydroxylation sites is 2. The van der Waals surface area contributed by atoms with Crippen LogP contribution in [-0.2, 0) is 11.8 Å². The Morgan fingerprint density at radius 1 is 0.919 bits per heavy atom. The molecule has 3 heterocycles. The van der Waals surface area contributed by atoms with Crippen LogP contribution >= 0.6 is 0 Å². The van der Waals surface area contributed by atoms with Gasteiger partial charge >= 0.3 is 0 Å². The first-order valence-corrected chi connectivity index (χ1v) is 12.1. The highest BCUT2D eigenvalue weighted by atomic mass is 16.2. The molecule has 0 aliphatic carbocycles. The molecule has 0 saturated heterocycles. The van der Waals surface area contributed by atoms with E-state index < -0.39 is 23.9 Å². The van der Waals surface area contributed by atoms with Crippen molar-refractivity contribution < 1.29 is 14.4 Å². The van der Waals surface area contributed by atoms with E-state index in [0.717, 1.165) is 32.9 Å². The zero-order valence-electron chi connectivity index (χ0n) is 20.4. The molecular weight excluding hydrogens is 466 g/mol. The van der Waals surface area contributed by atoms with Crippen LogP contribution in [0.25, 0.3) is 21.8 Å². The number of hydrazine groups is 1. The van der Waals surface area contributed by atoms with Crippen molar-refractivity contribution in [2.24, 2.45) is 7.05 Å². The highest BCUT2D eigenvalue weighted by Crippen LogP contribution is 2.42. The lowest BCUT2D eigenvalue weighted by atomic mass is 9.97. The largest absolute Gasteiger partial charge is 0.361 e. The van der Waals surface area contributed by atoms with Crippen molar-refractivity contribution in [2.45, 2.75) is 19.0 Å². The van der Waals surface area contributed by atoms with Gasteiger partial charge in [-0.25, -0.2) is 0 Å². The monoisotopic (exact) mass is 491 g/mol. The Balaban J connectivity index is 1.27. The first-order valence-electron chi connectivity index (χ1n) is 12.1. The molecule has 2 atom stereocenters. The number of benzene rings is 3. The molecule has 2 unspecified atom stereocenters. The molecule has 0 saturated carbocycles. The molecule has 3 aromatic carbocycles. The van der Waals surface area contributed by atoms with Crippen LogP contribution in [0.4, 0.5) is 0 Å². The third kappa shape index (κ3) is 3.57. The molecule has 3 amide bonds. The molecular formula is C29H25N5O3. The lowest BCUT2D eigenvalue weighted by Crippen LogP contribution is -2.52. The van der Waals surface area contributed by atoms with Crippen LogP contribution in [0.15, 0.2) is 85.1 Å². The average Bonchev–Trinajstić information content (AvgIpc) is 3.59. The molecule has 6 rings (SSSR count). The predicted molar refractivity (Wildman–Crippen MR) is 141 cm³/mol. The zero-order valence-corrected chi connectivity index (χ0v) is 20.4. The molecule has 1 aliphatic heterocycles. The zero-order chi connectivity index (χ0) is 25.7. The second-order valence-corrected chi connectivity index (χ2v) is 9.26. The van der Waals surface area contributed by atoms with Crippen molar-refractivity contribution in [3.05, 3.63) is 107 Å². The number of carbonyl (C=O) groups excluding carboxylic acids is 3. The third-order valence-electron chi connectivity index (χ3n) is 7.19. The summed E-state index contributed by atoms with van der Waals surface area (Å²) in [6.07, 6.45) is 1.89. The Morgan fingerprint density at radius 2 is 1.65 bits per heavy atom. The highest BCUT2D eigenvalue weighted by Gasteiger charge is 2.43. The van der Waals surface area contributed by atoms with Crippen LogP contribution in [0.5, 0.6) is 0 Å². The minimum absolute atomic E-state index is 0.228. The molecule has 5 aromatic rings. The van der Waals surface area contributed by atoms with Gasteiger partial charge in [0.05, 0.1) is 6.04 Å². The summed E-state index contributed by atoms with van der Waals surface area (Å²) >= 11 is 0. The van der Waals surface area contributed by atoms with Gasteiger partial charge in [-0.3, -0.25) is 25.2 Å². The lowest BCUT2D eigenvalue weighted by molar-refractivity contribution is -0.126. The Morgan fingerprint density at radius 3 is 2.49 bits per heavy atom. The number of aromatic amines is 1. The summed E-state index contributed by atoms with van der Waals surface area (Å²) in [4.78, 5) is 44.5. The van der Waals surface area contributed by atoms with Crippen LogP contribution in [-0.4, -0.2) is 38.2 Å². The van der Waals surface area contributed by atoms with Crippen molar-refractivity contribution in [1.82, 2.24) is 25.3 Å². The van der Waals surface area contributed by atoms with Gasteiger partial charge < -0.3 is 14.5 Å². The van der Waals surface area contributed by atoms with Crippen LogP contribution in [0.1, 0.15) is 44.9 Å². The van der Waals surface area contributed by atoms with Gasteiger partial charge in [0.25, 0.3) is 17.7 Å². The number of amides is 3. The van der Waals surface area contributed by atoms with E-state index in [1.807, 2.05) is 72.9 Å². The van der Waals surface area contributed by atoms with Gasteiger partial charge in [0.15, 0.2) is 0 Å². The fourth-order valence-electron chi connectivity index (χ4n) is 5.29. The fourth-order valence-corrected chi connectivity index (χ4v) is 5.29. The minimum atomic E-state index is -0.855. The van der Waals surface area contributed by atoms with E-state index in [1.165, 1.54) is 0 Å². The lowest BCUT2D eigenvalue weighted by Gasteiger charge is -2.30. The van der Waals surface area contributed by atoms with Crippen LogP contribution in [0.3, 0.4) is 0 Å². The molecule has 8 nitrogen and oxygen atoms in total. The summed E-state index contributed by atoms with van der Waals surface area (Å²) in [6, 6.07) is 23.4. The number of H-pyrrole nitrogens is 1. The molecule has 8 heteroatoms. The van der Waals surface area contributed by atoms with E-state index in [9.17, 15) is 14.4 Å². The van der Waals surface area contributed by atoms with Gasteiger partial charge in [0.1, 0.15) is 11.7 Å². The van der Waals surface area contributed by atoms with Crippen molar-refractivity contribution >= 4 is 39.5 Å². The normalized spacial score (nSPS) is 15.7. The summed E-state index contributed by atoms with van der Waals surface area (Å²) in [6.45, 7) is 1.67. The van der Waals surface area contributed by atoms with Crippen molar-refractivity contribution in [1.29, 1.82) is 0 Å². The van der Waals surface area contributed by atoms with Crippen molar-refractivity contribution in [2.75, 3.05) is 0 Å². The maximum Gasteiger partial charge on any atom is 0.286 e. The maximum absolute atomic E-state index is 13.5. The molecule has 0 bridgehead atoms. The topological polar surface area (TPSA) is 99.2 Å². The molecule has 2 aromatic heterocycles. The van der Waals surface area contributed by atoms with Gasteiger partial charge in [-0.1, -0.05) is 54.6 Å². The SMILES string of the molecule is CC(C(=O)NNC(=O)c1cc2ccccc2n1C)N1C(=O)c2ccccc2C1c1c[nH]c2ccccc12. The third-order valence-corrected chi connectivity index (χ3v) is 7.19. The quantitative estimate of drug-likeness (QED) is 0.331. The molecule has 3 N–H and O–H groups in total. The Hall–Kier alpha value is -4.85. The number of aryl methyl sites for hydroxylation is 1. The molecule has 0 fully saturated rings. The van der Waals surface area contributed by atoms with E-state index in [-0.39, 0.29) is 5.91 Å². The number of carbonyl (C=O) groups is 3. The first-order chi connectivity index (χ1) is 18.0. The van der Waals surface area contributed by atoms with E-state index >= 15 is 0 Å². The van der Waals surface area contributed by atoms with Gasteiger partial charge in [-0.05, 0) is 36.8 Å². The number of hydrogen-bond acceptors (Lipinski definition) is 3. The summed E-state index contributed by atoms with van der Waals surface area (Å²) in [5.41, 5.74) is 9.64. The standard InChI is InChI=1S/C29H25N5O3/c1-17(27(35)31-32-28(36)25-15-18-9-3-8-14-24(18)33(25)2)34-26(20-11-4-5-12-21(20)29(34)37)22-16-30-23-13-7-6-10-19(22)23/h3-17,26,30H,1-2H3,(H,31,35)(H,32,36). The Bertz CT molecular complexity index is 1700. The Labute approximate surface area is 212 Å². The summed E-state index contributed by atoms with van der Waals surface area (Å²) < 4.78 is 1.77. The van der Waals surface area contributed by atoms with Gasteiger partial charge in [0.2, 0.25) is 0 Å².